The third-order valence-corrected chi connectivity index (χ3v) is 5.19. The molecule has 1 fully saturated rings. The van der Waals surface area contributed by atoms with Crippen LogP contribution < -0.4 is 10.1 Å². The van der Waals surface area contributed by atoms with Crippen LogP contribution in [0.25, 0.3) is 0 Å². The van der Waals surface area contributed by atoms with Crippen molar-refractivity contribution in [3.05, 3.63) is 29.8 Å². The molecule has 0 atom stereocenters. The number of amides is 2. The molecule has 0 aliphatic carbocycles. The lowest BCUT2D eigenvalue weighted by Crippen LogP contribution is -2.44. The number of rotatable bonds is 9. The smallest absolute Gasteiger partial charge is 0.260 e. The van der Waals surface area contributed by atoms with E-state index in [1.807, 2.05) is 23.1 Å². The second-order valence-electron chi connectivity index (χ2n) is 7.67. The van der Waals surface area contributed by atoms with Gasteiger partial charge >= 0.3 is 0 Å². The summed E-state index contributed by atoms with van der Waals surface area (Å²) < 4.78 is 5.69. The Bertz CT molecular complexity index is 607. The largest absolute Gasteiger partial charge is 0.484 e. The van der Waals surface area contributed by atoms with Crippen molar-refractivity contribution in [2.24, 2.45) is 5.92 Å². The maximum absolute atomic E-state index is 12.4. The summed E-state index contributed by atoms with van der Waals surface area (Å²) in [6, 6.07) is 7.90. The lowest BCUT2D eigenvalue weighted by Gasteiger charge is -2.31. The summed E-state index contributed by atoms with van der Waals surface area (Å²) in [4.78, 5) is 26.4. The first-order valence-electron chi connectivity index (χ1n) is 10.3. The maximum Gasteiger partial charge on any atom is 0.260 e. The van der Waals surface area contributed by atoms with Gasteiger partial charge in [-0.25, -0.2) is 0 Å². The molecule has 0 aromatic heterocycles. The van der Waals surface area contributed by atoms with Crippen LogP contribution in [0.3, 0.4) is 0 Å². The van der Waals surface area contributed by atoms with Gasteiger partial charge in [0.25, 0.3) is 5.91 Å². The minimum atomic E-state index is -0.00764. The maximum atomic E-state index is 12.4. The molecule has 2 rings (SSSR count). The third kappa shape index (κ3) is 6.89. The Morgan fingerprint density at radius 1 is 1.22 bits per heavy atom. The highest BCUT2D eigenvalue weighted by Crippen LogP contribution is 2.21. The van der Waals surface area contributed by atoms with Crippen LogP contribution in [0.5, 0.6) is 5.75 Å². The van der Waals surface area contributed by atoms with Gasteiger partial charge in [-0.3, -0.25) is 9.59 Å². The van der Waals surface area contributed by atoms with E-state index >= 15 is 0 Å². The van der Waals surface area contributed by atoms with Crippen LogP contribution >= 0.6 is 0 Å². The average molecular weight is 375 g/mol. The molecule has 1 saturated heterocycles. The summed E-state index contributed by atoms with van der Waals surface area (Å²) in [7, 11) is 0. The summed E-state index contributed by atoms with van der Waals surface area (Å²) in [5, 5.41) is 3.03. The first-order chi connectivity index (χ1) is 13.0. The molecule has 0 unspecified atom stereocenters. The minimum Gasteiger partial charge on any atom is -0.484 e. The van der Waals surface area contributed by atoms with E-state index in [0.717, 1.165) is 44.4 Å². The fraction of sp³-hybridized carbons (Fsp3) is 0.636. The number of nitrogens with one attached hydrogen (secondary N) is 1. The van der Waals surface area contributed by atoms with Crippen LogP contribution in [0.1, 0.15) is 64.4 Å². The van der Waals surface area contributed by atoms with Crippen molar-refractivity contribution in [1.29, 1.82) is 0 Å². The van der Waals surface area contributed by atoms with Crippen LogP contribution in [0, 0.1) is 5.92 Å². The van der Waals surface area contributed by atoms with Crippen molar-refractivity contribution in [1.82, 2.24) is 10.2 Å². The normalized spacial score (nSPS) is 15.0. The highest BCUT2D eigenvalue weighted by molar-refractivity contribution is 5.80. The van der Waals surface area contributed by atoms with Crippen molar-refractivity contribution < 1.29 is 14.3 Å². The minimum absolute atomic E-state index is 0.00764. The first-order valence-corrected chi connectivity index (χ1v) is 10.3. The van der Waals surface area contributed by atoms with E-state index in [4.69, 9.17) is 4.74 Å². The molecule has 150 valence electrons. The Kier molecular flexibility index (Phi) is 8.62. The number of likely N-dealkylation sites (tertiary alicyclic amines) is 1. The molecule has 1 aliphatic rings. The highest BCUT2D eigenvalue weighted by Gasteiger charge is 2.27. The number of hydrogen-bond donors (Lipinski definition) is 1. The number of hydrogen-bond acceptors (Lipinski definition) is 3. The van der Waals surface area contributed by atoms with Gasteiger partial charge in [-0.2, -0.15) is 0 Å². The van der Waals surface area contributed by atoms with E-state index in [1.54, 1.807) is 0 Å². The Balaban J connectivity index is 1.71. The molecule has 1 aromatic carbocycles. The van der Waals surface area contributed by atoms with Gasteiger partial charge in [-0.1, -0.05) is 45.7 Å². The quantitative estimate of drug-likeness (QED) is 0.670. The molecule has 0 radical (unpaired) electrons. The lowest BCUT2D eigenvalue weighted by molar-refractivity contribution is -0.137. The van der Waals surface area contributed by atoms with Crippen LogP contribution in [0.15, 0.2) is 24.3 Å². The van der Waals surface area contributed by atoms with Gasteiger partial charge in [0.1, 0.15) is 5.75 Å². The number of unbranched alkanes of at least 4 members (excludes halogenated alkanes) is 2. The predicted octanol–water partition coefficient (Wildman–Crippen LogP) is 3.73. The average Bonchev–Trinajstić information content (AvgIpc) is 2.69. The molecule has 0 bridgehead atoms. The van der Waals surface area contributed by atoms with Gasteiger partial charge in [-0.15, -0.1) is 0 Å². The monoisotopic (exact) mass is 374 g/mol. The van der Waals surface area contributed by atoms with Crippen LogP contribution in [0.2, 0.25) is 0 Å². The molecule has 1 aromatic rings. The van der Waals surface area contributed by atoms with Gasteiger partial charge in [0.15, 0.2) is 6.61 Å². The summed E-state index contributed by atoms with van der Waals surface area (Å²) in [5.74, 6) is 1.32. The molecule has 0 saturated carbocycles. The molecular weight excluding hydrogens is 340 g/mol. The number of carbonyl (C=O) groups excluding carboxylic acids is 2. The fourth-order valence-electron chi connectivity index (χ4n) is 3.32. The number of benzene rings is 1. The zero-order chi connectivity index (χ0) is 19.6. The van der Waals surface area contributed by atoms with Gasteiger partial charge < -0.3 is 15.0 Å². The highest BCUT2D eigenvalue weighted by atomic mass is 16.5. The Hall–Kier alpha value is -2.04. The van der Waals surface area contributed by atoms with Gasteiger partial charge in [0, 0.05) is 25.6 Å². The summed E-state index contributed by atoms with van der Waals surface area (Å²) in [6.45, 7) is 8.48. The van der Waals surface area contributed by atoms with Crippen molar-refractivity contribution in [3.63, 3.8) is 0 Å². The molecule has 0 spiro atoms. The van der Waals surface area contributed by atoms with E-state index in [-0.39, 0.29) is 24.3 Å². The standard InChI is InChI=1S/C22H34N2O3/c1-4-5-6-12-23-22(26)18-10-13-24(14-11-18)21(25)16-27-20-9-7-8-19(15-20)17(2)3/h7-9,15,17-18H,4-6,10-14,16H2,1-3H3,(H,23,26). The van der Waals surface area contributed by atoms with E-state index in [0.29, 0.717) is 19.0 Å². The van der Waals surface area contributed by atoms with E-state index in [9.17, 15) is 9.59 Å². The van der Waals surface area contributed by atoms with Crippen LogP contribution in [-0.4, -0.2) is 43.0 Å². The van der Waals surface area contributed by atoms with Crippen LogP contribution in [-0.2, 0) is 9.59 Å². The predicted molar refractivity (Wildman–Crippen MR) is 108 cm³/mol. The van der Waals surface area contributed by atoms with E-state index < -0.39 is 0 Å². The summed E-state index contributed by atoms with van der Waals surface area (Å²) in [6.07, 6.45) is 4.80. The Labute approximate surface area is 163 Å². The summed E-state index contributed by atoms with van der Waals surface area (Å²) >= 11 is 0. The molecule has 2 amide bonds. The Morgan fingerprint density at radius 3 is 2.63 bits per heavy atom. The molecule has 5 nitrogen and oxygen atoms in total. The number of nitrogens with zero attached hydrogens (tertiary/aromatic N) is 1. The zero-order valence-electron chi connectivity index (χ0n) is 17.0. The van der Waals surface area contributed by atoms with E-state index in [2.05, 4.69) is 32.2 Å². The molecule has 1 aliphatic heterocycles. The molecule has 27 heavy (non-hydrogen) atoms. The second kappa shape index (κ2) is 11.0. The van der Waals surface area contributed by atoms with Crippen molar-refractivity contribution in [3.8, 4) is 5.75 Å². The zero-order valence-corrected chi connectivity index (χ0v) is 17.0. The molecular formula is C22H34N2O3. The Morgan fingerprint density at radius 2 is 1.96 bits per heavy atom. The third-order valence-electron chi connectivity index (χ3n) is 5.19. The van der Waals surface area contributed by atoms with Crippen molar-refractivity contribution >= 4 is 11.8 Å². The van der Waals surface area contributed by atoms with E-state index in [1.165, 1.54) is 5.56 Å². The van der Waals surface area contributed by atoms with Crippen molar-refractivity contribution in [2.45, 2.75) is 58.8 Å². The van der Waals surface area contributed by atoms with Gasteiger partial charge in [-0.05, 0) is 42.9 Å². The second-order valence-corrected chi connectivity index (χ2v) is 7.67. The summed E-state index contributed by atoms with van der Waals surface area (Å²) in [5.41, 5.74) is 1.20. The first kappa shape index (κ1) is 21.3. The number of ether oxygens (including phenoxy) is 1. The molecule has 1 heterocycles. The van der Waals surface area contributed by atoms with Gasteiger partial charge in [0.05, 0.1) is 0 Å². The van der Waals surface area contributed by atoms with Gasteiger partial charge in [0.2, 0.25) is 5.91 Å². The topological polar surface area (TPSA) is 58.6 Å². The lowest BCUT2D eigenvalue weighted by atomic mass is 9.96. The van der Waals surface area contributed by atoms with Crippen LogP contribution in [0.4, 0.5) is 0 Å². The molecule has 1 N–H and O–H groups in total. The SMILES string of the molecule is CCCCCNC(=O)C1CCN(C(=O)COc2cccc(C(C)C)c2)CC1. The number of piperidine rings is 1. The van der Waals surface area contributed by atoms with Crippen molar-refractivity contribution in [2.75, 3.05) is 26.2 Å². The number of carbonyl (C=O) groups is 2. The molecule has 5 heteroatoms. The fourth-order valence-corrected chi connectivity index (χ4v) is 3.32.